The van der Waals surface area contributed by atoms with Crippen LogP contribution in [-0.2, 0) is 0 Å². The molecule has 1 aromatic heterocycles. The number of carbonyl (C=O) groups is 1. The molecular weight excluding hydrogens is 297 g/mol. The van der Waals surface area contributed by atoms with Crippen molar-refractivity contribution in [1.82, 2.24) is 10.3 Å². The highest BCUT2D eigenvalue weighted by molar-refractivity contribution is 5.94. The predicted molar refractivity (Wildman–Crippen MR) is 85.6 cm³/mol. The van der Waals surface area contributed by atoms with E-state index in [1.165, 1.54) is 32.1 Å². The number of aromatic nitrogens is 1. The highest BCUT2D eigenvalue weighted by atomic mass is 35.5. The van der Waals surface area contributed by atoms with E-state index in [-0.39, 0.29) is 36.8 Å². The van der Waals surface area contributed by atoms with Crippen LogP contribution in [0, 0.1) is 5.92 Å². The second-order valence-corrected chi connectivity index (χ2v) is 4.96. The Balaban J connectivity index is 0.00000180. The van der Waals surface area contributed by atoms with Gasteiger partial charge in [0, 0.05) is 25.0 Å². The second kappa shape index (κ2) is 9.97. The van der Waals surface area contributed by atoms with Crippen LogP contribution in [-0.4, -0.2) is 23.5 Å². The summed E-state index contributed by atoms with van der Waals surface area (Å²) in [4.78, 5) is 16.0. The van der Waals surface area contributed by atoms with E-state index in [9.17, 15) is 4.79 Å². The Morgan fingerprint density at radius 3 is 2.60 bits per heavy atom. The number of rotatable bonds is 4. The molecule has 1 unspecified atom stereocenters. The fourth-order valence-electron chi connectivity index (χ4n) is 2.65. The quantitative estimate of drug-likeness (QED) is 0.896. The fraction of sp³-hybridized carbons (Fsp3) is 0.571. The molecule has 1 aliphatic carbocycles. The Hall–Kier alpha value is -0.840. The first-order valence-electron chi connectivity index (χ1n) is 6.72. The van der Waals surface area contributed by atoms with Crippen molar-refractivity contribution in [3.05, 3.63) is 30.1 Å². The standard InChI is InChI=1S/C14H21N3O.2ClH/c15-9-13(11-5-2-1-3-6-11)17-14(18)12-7-4-8-16-10-12;;/h4,7-8,10-11,13H,1-3,5-6,9,15H2,(H,17,18);2*1H. The van der Waals surface area contributed by atoms with Crippen molar-refractivity contribution in [2.24, 2.45) is 11.7 Å². The van der Waals surface area contributed by atoms with Gasteiger partial charge in [-0.2, -0.15) is 0 Å². The van der Waals surface area contributed by atoms with Gasteiger partial charge in [-0.05, 0) is 30.9 Å². The van der Waals surface area contributed by atoms with Crippen molar-refractivity contribution in [3.8, 4) is 0 Å². The van der Waals surface area contributed by atoms with Gasteiger partial charge in [0.1, 0.15) is 0 Å². The monoisotopic (exact) mass is 319 g/mol. The number of halogens is 2. The number of nitrogens with zero attached hydrogens (tertiary/aromatic N) is 1. The van der Waals surface area contributed by atoms with E-state index in [1.54, 1.807) is 24.5 Å². The Morgan fingerprint density at radius 2 is 2.05 bits per heavy atom. The van der Waals surface area contributed by atoms with Crippen LogP contribution in [0.2, 0.25) is 0 Å². The maximum absolute atomic E-state index is 12.0. The molecule has 3 N–H and O–H groups in total. The van der Waals surface area contributed by atoms with Crippen molar-refractivity contribution in [1.29, 1.82) is 0 Å². The number of nitrogens with one attached hydrogen (secondary N) is 1. The van der Waals surface area contributed by atoms with Gasteiger partial charge in [-0.1, -0.05) is 19.3 Å². The molecule has 0 bridgehead atoms. The number of nitrogens with two attached hydrogens (primary N) is 1. The fourth-order valence-corrected chi connectivity index (χ4v) is 2.65. The molecule has 0 spiro atoms. The van der Waals surface area contributed by atoms with Gasteiger partial charge < -0.3 is 11.1 Å². The van der Waals surface area contributed by atoms with Crippen molar-refractivity contribution >= 4 is 30.7 Å². The average Bonchev–Trinajstić information content (AvgIpc) is 2.46. The first-order chi connectivity index (χ1) is 8.81. The van der Waals surface area contributed by atoms with E-state index in [2.05, 4.69) is 10.3 Å². The van der Waals surface area contributed by atoms with Gasteiger partial charge >= 0.3 is 0 Å². The SMILES string of the molecule is Cl.Cl.NCC(NC(=O)c1cccnc1)C1CCCCC1. The summed E-state index contributed by atoms with van der Waals surface area (Å²) in [5.41, 5.74) is 6.40. The largest absolute Gasteiger partial charge is 0.348 e. The first-order valence-corrected chi connectivity index (χ1v) is 6.72. The zero-order valence-electron chi connectivity index (χ0n) is 11.5. The van der Waals surface area contributed by atoms with Crippen molar-refractivity contribution in [2.45, 2.75) is 38.1 Å². The normalized spacial score (nSPS) is 16.4. The van der Waals surface area contributed by atoms with Crippen molar-refractivity contribution < 1.29 is 4.79 Å². The molecule has 114 valence electrons. The summed E-state index contributed by atoms with van der Waals surface area (Å²) in [6, 6.07) is 3.64. The zero-order valence-corrected chi connectivity index (χ0v) is 13.1. The van der Waals surface area contributed by atoms with Gasteiger partial charge in [0.25, 0.3) is 5.91 Å². The van der Waals surface area contributed by atoms with Crippen LogP contribution in [0.3, 0.4) is 0 Å². The Labute approximate surface area is 132 Å². The number of amides is 1. The van der Waals surface area contributed by atoms with E-state index in [1.807, 2.05) is 0 Å². The number of hydrogen-bond acceptors (Lipinski definition) is 3. The van der Waals surface area contributed by atoms with E-state index in [0.717, 1.165) is 0 Å². The second-order valence-electron chi connectivity index (χ2n) is 4.96. The van der Waals surface area contributed by atoms with Crippen LogP contribution >= 0.6 is 24.8 Å². The summed E-state index contributed by atoms with van der Waals surface area (Å²) in [7, 11) is 0. The van der Waals surface area contributed by atoms with Gasteiger partial charge in [0.15, 0.2) is 0 Å². The lowest BCUT2D eigenvalue weighted by molar-refractivity contribution is 0.0915. The molecule has 1 aliphatic rings. The lowest BCUT2D eigenvalue weighted by Crippen LogP contribution is -2.45. The molecule has 1 atom stereocenters. The Kier molecular flexibility index (Phi) is 9.55. The van der Waals surface area contributed by atoms with Gasteiger partial charge in [-0.25, -0.2) is 0 Å². The van der Waals surface area contributed by atoms with E-state index >= 15 is 0 Å². The third-order valence-corrected chi connectivity index (χ3v) is 3.71. The van der Waals surface area contributed by atoms with Gasteiger partial charge in [-0.3, -0.25) is 9.78 Å². The highest BCUT2D eigenvalue weighted by Crippen LogP contribution is 2.26. The number of pyridine rings is 1. The summed E-state index contributed by atoms with van der Waals surface area (Å²) < 4.78 is 0. The van der Waals surface area contributed by atoms with Crippen LogP contribution < -0.4 is 11.1 Å². The lowest BCUT2D eigenvalue weighted by atomic mass is 9.84. The van der Waals surface area contributed by atoms with Crippen LogP contribution in [0.5, 0.6) is 0 Å². The molecule has 0 saturated heterocycles. The van der Waals surface area contributed by atoms with E-state index in [0.29, 0.717) is 18.0 Å². The summed E-state index contributed by atoms with van der Waals surface area (Å²) >= 11 is 0. The van der Waals surface area contributed by atoms with Crippen LogP contribution in [0.4, 0.5) is 0 Å². The minimum atomic E-state index is -0.0656. The molecule has 1 amide bonds. The molecule has 0 radical (unpaired) electrons. The summed E-state index contributed by atoms with van der Waals surface area (Å²) in [6.07, 6.45) is 9.42. The van der Waals surface area contributed by atoms with Crippen LogP contribution in [0.25, 0.3) is 0 Å². The Bertz CT molecular complexity index is 383. The topological polar surface area (TPSA) is 68.0 Å². The first kappa shape index (κ1) is 19.2. The summed E-state index contributed by atoms with van der Waals surface area (Å²) in [6.45, 7) is 0.511. The van der Waals surface area contributed by atoms with Gasteiger partial charge in [0.2, 0.25) is 0 Å². The summed E-state index contributed by atoms with van der Waals surface area (Å²) in [5, 5.41) is 3.05. The predicted octanol–water partition coefficient (Wildman–Crippen LogP) is 2.56. The van der Waals surface area contributed by atoms with Crippen molar-refractivity contribution in [3.63, 3.8) is 0 Å². The lowest BCUT2D eigenvalue weighted by Gasteiger charge is -2.30. The third-order valence-electron chi connectivity index (χ3n) is 3.71. The highest BCUT2D eigenvalue weighted by Gasteiger charge is 2.24. The number of hydrogen-bond donors (Lipinski definition) is 2. The maximum atomic E-state index is 12.0. The van der Waals surface area contributed by atoms with Crippen LogP contribution in [0.1, 0.15) is 42.5 Å². The third kappa shape index (κ3) is 5.27. The molecule has 6 heteroatoms. The van der Waals surface area contributed by atoms with Crippen molar-refractivity contribution in [2.75, 3.05) is 6.54 Å². The smallest absolute Gasteiger partial charge is 0.253 e. The molecule has 20 heavy (non-hydrogen) atoms. The Morgan fingerprint density at radius 1 is 1.35 bits per heavy atom. The molecule has 0 aromatic carbocycles. The van der Waals surface area contributed by atoms with E-state index < -0.39 is 0 Å². The molecule has 1 aromatic rings. The molecule has 4 nitrogen and oxygen atoms in total. The zero-order chi connectivity index (χ0) is 12.8. The molecule has 1 fully saturated rings. The molecule has 2 rings (SSSR count). The molecule has 1 saturated carbocycles. The molecule has 1 heterocycles. The molecule has 0 aliphatic heterocycles. The van der Waals surface area contributed by atoms with Gasteiger partial charge in [0.05, 0.1) is 5.56 Å². The maximum Gasteiger partial charge on any atom is 0.253 e. The van der Waals surface area contributed by atoms with E-state index in [4.69, 9.17) is 5.73 Å². The minimum absolute atomic E-state index is 0. The van der Waals surface area contributed by atoms with Crippen LogP contribution in [0.15, 0.2) is 24.5 Å². The average molecular weight is 320 g/mol. The van der Waals surface area contributed by atoms with Gasteiger partial charge in [-0.15, -0.1) is 24.8 Å². The molecular formula is C14H23Cl2N3O. The summed E-state index contributed by atoms with van der Waals surface area (Å²) in [5.74, 6) is 0.466. The number of carbonyl (C=O) groups excluding carboxylic acids is 1. The minimum Gasteiger partial charge on any atom is -0.348 e.